The molecule has 0 spiro atoms. The summed E-state index contributed by atoms with van der Waals surface area (Å²) < 4.78 is 5.32. The monoisotopic (exact) mass is 463 g/mol. The van der Waals surface area contributed by atoms with E-state index in [-0.39, 0.29) is 5.91 Å². The van der Waals surface area contributed by atoms with Crippen LogP contribution in [0.1, 0.15) is 29.5 Å². The minimum absolute atomic E-state index is 0.212. The predicted molar refractivity (Wildman–Crippen MR) is 128 cm³/mol. The second kappa shape index (κ2) is 11.1. The van der Waals surface area contributed by atoms with Crippen LogP contribution in [0.25, 0.3) is 0 Å². The second-order valence-corrected chi connectivity index (χ2v) is 8.99. The summed E-state index contributed by atoms with van der Waals surface area (Å²) in [5.74, 6) is 1.06. The van der Waals surface area contributed by atoms with E-state index in [4.69, 9.17) is 33.7 Å². The summed E-state index contributed by atoms with van der Waals surface area (Å²) in [5.41, 5.74) is 9.67. The number of rotatable bonds is 9. The van der Waals surface area contributed by atoms with Crippen molar-refractivity contribution in [3.63, 3.8) is 0 Å². The topological polar surface area (TPSA) is 58.8 Å². The maximum atomic E-state index is 12.7. The normalized spacial score (nSPS) is 14.0. The zero-order valence-electron chi connectivity index (χ0n) is 18.3. The molecule has 5 nitrogen and oxygen atoms in total. The van der Waals surface area contributed by atoms with Crippen molar-refractivity contribution in [1.29, 1.82) is 0 Å². The van der Waals surface area contributed by atoms with Gasteiger partial charge in [-0.15, -0.1) is 0 Å². The van der Waals surface area contributed by atoms with Crippen molar-refractivity contribution in [2.24, 2.45) is 0 Å². The van der Waals surface area contributed by atoms with Gasteiger partial charge in [0.1, 0.15) is 5.75 Å². The van der Waals surface area contributed by atoms with Gasteiger partial charge in [-0.05, 0) is 86.8 Å². The number of methoxy groups -OCH3 is 1. The molecule has 0 saturated heterocycles. The summed E-state index contributed by atoms with van der Waals surface area (Å²) in [5, 5.41) is 1.03. The number of nitrogens with two attached hydrogens (primary N) is 1. The molecular formula is C24H31Cl2N3O2. The van der Waals surface area contributed by atoms with Crippen LogP contribution in [0, 0.1) is 0 Å². The van der Waals surface area contributed by atoms with Gasteiger partial charge in [0.05, 0.1) is 29.3 Å². The molecule has 2 N–H and O–H groups in total. The van der Waals surface area contributed by atoms with Crippen molar-refractivity contribution < 1.29 is 9.53 Å². The van der Waals surface area contributed by atoms with Gasteiger partial charge in [-0.3, -0.25) is 4.79 Å². The van der Waals surface area contributed by atoms with Gasteiger partial charge >= 0.3 is 0 Å². The molecule has 1 aliphatic rings. The molecule has 3 rings (SSSR count). The smallest absolute Gasteiger partial charge is 0.227 e. The molecule has 0 radical (unpaired) electrons. The third-order valence-electron chi connectivity index (χ3n) is 5.87. The van der Waals surface area contributed by atoms with E-state index < -0.39 is 0 Å². The van der Waals surface area contributed by atoms with Gasteiger partial charge in [0.2, 0.25) is 5.91 Å². The highest BCUT2D eigenvalue weighted by Crippen LogP contribution is 2.29. The van der Waals surface area contributed by atoms with E-state index in [1.54, 1.807) is 7.11 Å². The largest absolute Gasteiger partial charge is 0.497 e. The first-order chi connectivity index (χ1) is 14.9. The lowest BCUT2D eigenvalue weighted by molar-refractivity contribution is -0.130. The van der Waals surface area contributed by atoms with Crippen molar-refractivity contribution >= 4 is 34.8 Å². The molecule has 0 fully saturated rings. The van der Waals surface area contributed by atoms with Gasteiger partial charge in [0, 0.05) is 13.1 Å². The summed E-state index contributed by atoms with van der Waals surface area (Å²) in [6, 6.07) is 9.79. The molecular weight excluding hydrogens is 433 g/mol. The number of hydrogen-bond donors (Lipinski definition) is 1. The highest BCUT2D eigenvalue weighted by Gasteiger charge is 2.20. The predicted octanol–water partition coefficient (Wildman–Crippen LogP) is 4.47. The molecule has 168 valence electrons. The van der Waals surface area contributed by atoms with Crippen LogP contribution < -0.4 is 10.5 Å². The van der Waals surface area contributed by atoms with Crippen molar-refractivity contribution in [2.75, 3.05) is 46.1 Å². The Morgan fingerprint density at radius 1 is 1.10 bits per heavy atom. The first kappa shape index (κ1) is 23.7. The summed E-state index contributed by atoms with van der Waals surface area (Å²) in [4.78, 5) is 17.0. The Bertz CT molecular complexity index is 897. The van der Waals surface area contributed by atoms with Crippen molar-refractivity contribution in [2.45, 2.75) is 32.1 Å². The molecule has 0 bridgehead atoms. The number of nitrogen functional groups attached to an aromatic ring is 1. The fourth-order valence-corrected chi connectivity index (χ4v) is 4.54. The van der Waals surface area contributed by atoms with Crippen LogP contribution in [0.5, 0.6) is 5.75 Å². The molecule has 0 atom stereocenters. The van der Waals surface area contributed by atoms with Crippen LogP contribution in [0.4, 0.5) is 5.69 Å². The van der Waals surface area contributed by atoms with Crippen molar-refractivity contribution in [1.82, 2.24) is 9.80 Å². The Hall–Kier alpha value is -1.95. The Morgan fingerprint density at radius 2 is 1.81 bits per heavy atom. The number of carbonyl (C=O) groups excluding carboxylic acids is 1. The highest BCUT2D eigenvalue weighted by atomic mass is 35.5. The van der Waals surface area contributed by atoms with E-state index >= 15 is 0 Å². The first-order valence-corrected chi connectivity index (χ1v) is 11.5. The summed E-state index contributed by atoms with van der Waals surface area (Å²) >= 11 is 12.2. The lowest BCUT2D eigenvalue weighted by atomic mass is 10.0. The quantitative estimate of drug-likeness (QED) is 0.557. The first-order valence-electron chi connectivity index (χ1n) is 10.7. The van der Waals surface area contributed by atoms with Crippen LogP contribution >= 0.6 is 23.2 Å². The average Bonchev–Trinajstić information content (AvgIpc) is 2.90. The van der Waals surface area contributed by atoms with Crippen molar-refractivity contribution in [3.05, 3.63) is 57.1 Å². The number of amides is 1. The molecule has 7 heteroatoms. The van der Waals surface area contributed by atoms with Gasteiger partial charge in [-0.2, -0.15) is 0 Å². The number of aryl methyl sites for hydroxylation is 1. The van der Waals surface area contributed by atoms with Crippen LogP contribution in [-0.4, -0.2) is 56.0 Å². The molecule has 2 aromatic rings. The fraction of sp³-hybridized carbons (Fsp3) is 0.458. The van der Waals surface area contributed by atoms with E-state index in [1.807, 2.05) is 29.2 Å². The molecule has 1 aliphatic heterocycles. The summed E-state index contributed by atoms with van der Waals surface area (Å²) in [7, 11) is 3.79. The van der Waals surface area contributed by atoms with Gasteiger partial charge < -0.3 is 20.3 Å². The lowest BCUT2D eigenvalue weighted by Gasteiger charge is -2.23. The van der Waals surface area contributed by atoms with Crippen LogP contribution in [-0.2, 0) is 24.1 Å². The fourth-order valence-electron chi connectivity index (χ4n) is 4.00. The van der Waals surface area contributed by atoms with Gasteiger partial charge in [-0.1, -0.05) is 29.3 Å². The number of carbonyl (C=O) groups is 1. The number of nitrogens with zero attached hydrogens (tertiary/aromatic N) is 2. The number of benzene rings is 2. The minimum atomic E-state index is 0.212. The lowest BCUT2D eigenvalue weighted by Crippen LogP contribution is -2.35. The summed E-state index contributed by atoms with van der Waals surface area (Å²) in [6.07, 6.45) is 4.22. The zero-order chi connectivity index (χ0) is 22.4. The Labute approximate surface area is 195 Å². The highest BCUT2D eigenvalue weighted by molar-refractivity contribution is 6.38. The molecule has 31 heavy (non-hydrogen) atoms. The number of ether oxygens (including phenoxy) is 1. The Kier molecular flexibility index (Phi) is 8.47. The molecule has 0 saturated carbocycles. The number of hydrogen-bond acceptors (Lipinski definition) is 4. The van der Waals surface area contributed by atoms with E-state index in [0.29, 0.717) is 22.2 Å². The zero-order valence-corrected chi connectivity index (χ0v) is 19.8. The number of halogens is 2. The molecule has 2 aromatic carbocycles. The second-order valence-electron chi connectivity index (χ2n) is 8.18. The van der Waals surface area contributed by atoms with Gasteiger partial charge in [0.15, 0.2) is 0 Å². The summed E-state index contributed by atoms with van der Waals surface area (Å²) in [6.45, 7) is 3.48. The maximum absolute atomic E-state index is 12.7. The molecule has 1 heterocycles. The van der Waals surface area contributed by atoms with Crippen LogP contribution in [0.3, 0.4) is 0 Å². The molecule has 0 unspecified atom stereocenters. The molecule has 1 amide bonds. The third-order valence-corrected chi connectivity index (χ3v) is 6.50. The van der Waals surface area contributed by atoms with E-state index in [1.165, 1.54) is 5.56 Å². The van der Waals surface area contributed by atoms with Crippen molar-refractivity contribution in [3.8, 4) is 5.75 Å². The Balaban J connectivity index is 1.40. The van der Waals surface area contributed by atoms with Crippen LogP contribution in [0.2, 0.25) is 10.0 Å². The SMILES string of the molecule is COc1ccc2c(c1)CCN(CCCN(C)CCCc1cc(Cl)c(N)c(Cl)c1)C(=O)C2. The van der Waals surface area contributed by atoms with Gasteiger partial charge in [0.25, 0.3) is 0 Å². The van der Waals surface area contributed by atoms with E-state index in [9.17, 15) is 4.79 Å². The number of anilines is 1. The molecule has 0 aromatic heterocycles. The molecule has 0 aliphatic carbocycles. The Morgan fingerprint density at radius 3 is 2.52 bits per heavy atom. The van der Waals surface area contributed by atoms with Gasteiger partial charge in [-0.25, -0.2) is 0 Å². The minimum Gasteiger partial charge on any atom is -0.497 e. The van der Waals surface area contributed by atoms with E-state index in [0.717, 1.165) is 68.7 Å². The van der Waals surface area contributed by atoms with Crippen LogP contribution in [0.15, 0.2) is 30.3 Å². The maximum Gasteiger partial charge on any atom is 0.227 e. The standard InChI is InChI=1S/C24H31Cl2N3O2/c1-28(9-3-5-17-13-21(25)24(27)22(26)14-17)10-4-11-29-12-8-19-15-20(31-2)7-6-18(19)16-23(29)30/h6-7,13-15H,3-5,8-12,16,27H2,1-2H3. The van der Waals surface area contributed by atoms with E-state index in [2.05, 4.69) is 18.0 Å². The third kappa shape index (κ3) is 6.52. The number of fused-ring (bicyclic) bond motifs is 1. The average molecular weight is 464 g/mol.